The number of hydrogen-bond acceptors (Lipinski definition) is 1. The Bertz CT molecular complexity index is 743. The summed E-state index contributed by atoms with van der Waals surface area (Å²) in [6.45, 7) is 6.68. The van der Waals surface area contributed by atoms with Crippen molar-refractivity contribution in [2.75, 3.05) is 6.61 Å². The van der Waals surface area contributed by atoms with Crippen LogP contribution in [0.25, 0.3) is 11.1 Å². The van der Waals surface area contributed by atoms with Crippen molar-refractivity contribution in [2.24, 2.45) is 17.8 Å². The first-order valence-corrected chi connectivity index (χ1v) is 10.7. The lowest BCUT2D eigenvalue weighted by Gasteiger charge is -2.41. The molecule has 2 aromatic carbocycles. The second-order valence-corrected chi connectivity index (χ2v) is 8.69. The molecule has 27 heavy (non-hydrogen) atoms. The van der Waals surface area contributed by atoms with Crippen molar-refractivity contribution < 1.29 is 4.74 Å². The Kier molecular flexibility index (Phi) is 5.66. The molecule has 2 fully saturated rings. The molecule has 2 saturated carbocycles. The Morgan fingerprint density at radius 1 is 0.852 bits per heavy atom. The van der Waals surface area contributed by atoms with Crippen LogP contribution in [0.5, 0.6) is 5.75 Å². The summed E-state index contributed by atoms with van der Waals surface area (Å²) in [6, 6.07) is 17.7. The molecule has 2 aromatic rings. The van der Waals surface area contributed by atoms with E-state index in [0.717, 1.165) is 29.4 Å². The second-order valence-electron chi connectivity index (χ2n) is 8.69. The highest BCUT2D eigenvalue weighted by Gasteiger charge is 2.34. The van der Waals surface area contributed by atoms with Crippen LogP contribution >= 0.6 is 0 Å². The molecule has 2 aliphatic rings. The molecule has 0 aliphatic heterocycles. The van der Waals surface area contributed by atoms with Crippen LogP contribution in [0.2, 0.25) is 0 Å². The lowest BCUT2D eigenvalue weighted by Crippen LogP contribution is -2.29. The van der Waals surface area contributed by atoms with Crippen LogP contribution in [-0.4, -0.2) is 6.61 Å². The molecule has 4 atom stereocenters. The number of ether oxygens (including phenoxy) is 1. The van der Waals surface area contributed by atoms with E-state index in [1.54, 1.807) is 11.6 Å². The molecule has 0 saturated heterocycles. The Morgan fingerprint density at radius 2 is 1.48 bits per heavy atom. The first kappa shape index (κ1) is 18.3. The fraction of sp³-hybridized carbons (Fsp3) is 0.462. The summed E-state index contributed by atoms with van der Waals surface area (Å²) in [6.07, 6.45) is 10.4. The molecule has 2 aliphatic carbocycles. The lowest BCUT2D eigenvalue weighted by atomic mass is 9.64. The highest BCUT2D eigenvalue weighted by Crippen LogP contribution is 2.47. The monoisotopic (exact) mass is 360 g/mol. The van der Waals surface area contributed by atoms with Gasteiger partial charge in [0, 0.05) is 0 Å². The molecule has 0 N–H and O–H groups in total. The van der Waals surface area contributed by atoms with E-state index in [0.29, 0.717) is 6.61 Å². The fourth-order valence-corrected chi connectivity index (χ4v) is 5.27. The van der Waals surface area contributed by atoms with Crippen molar-refractivity contribution in [1.82, 2.24) is 0 Å². The number of rotatable bonds is 5. The van der Waals surface area contributed by atoms with Gasteiger partial charge in [0.2, 0.25) is 0 Å². The highest BCUT2D eigenvalue weighted by atomic mass is 16.5. The van der Waals surface area contributed by atoms with E-state index < -0.39 is 0 Å². The molecule has 1 heteroatoms. The van der Waals surface area contributed by atoms with Gasteiger partial charge in [-0.25, -0.2) is 0 Å². The van der Waals surface area contributed by atoms with E-state index in [9.17, 15) is 0 Å². The van der Waals surface area contributed by atoms with Crippen molar-refractivity contribution >= 4 is 0 Å². The minimum absolute atomic E-state index is 0.552. The van der Waals surface area contributed by atoms with Crippen molar-refractivity contribution in [1.29, 1.82) is 0 Å². The first-order chi connectivity index (χ1) is 13.2. The predicted molar refractivity (Wildman–Crippen MR) is 114 cm³/mol. The quantitative estimate of drug-likeness (QED) is 0.511. The van der Waals surface area contributed by atoms with Crippen LogP contribution in [0.4, 0.5) is 0 Å². The van der Waals surface area contributed by atoms with Crippen LogP contribution in [0.3, 0.4) is 0 Å². The molecule has 1 unspecified atom stereocenters. The van der Waals surface area contributed by atoms with E-state index in [4.69, 9.17) is 4.74 Å². The Labute approximate surface area is 164 Å². The smallest absolute Gasteiger partial charge is 0.119 e. The average molecular weight is 361 g/mol. The molecule has 0 radical (unpaired) electrons. The van der Waals surface area contributed by atoms with Gasteiger partial charge >= 0.3 is 0 Å². The van der Waals surface area contributed by atoms with Crippen LogP contribution in [-0.2, 0) is 0 Å². The van der Waals surface area contributed by atoms with Gasteiger partial charge in [0.1, 0.15) is 12.4 Å². The summed E-state index contributed by atoms with van der Waals surface area (Å²) in [5.74, 6) is 4.60. The molecule has 142 valence electrons. The van der Waals surface area contributed by atoms with E-state index in [2.05, 4.69) is 49.9 Å². The summed E-state index contributed by atoms with van der Waals surface area (Å²) in [4.78, 5) is 0. The van der Waals surface area contributed by atoms with Gasteiger partial charge in [-0.3, -0.25) is 0 Å². The maximum Gasteiger partial charge on any atom is 0.119 e. The van der Waals surface area contributed by atoms with Gasteiger partial charge in [0.05, 0.1) is 0 Å². The van der Waals surface area contributed by atoms with Crippen LogP contribution in [0.1, 0.15) is 56.9 Å². The van der Waals surface area contributed by atoms with E-state index >= 15 is 0 Å². The second kappa shape index (κ2) is 8.33. The van der Waals surface area contributed by atoms with Gasteiger partial charge in [-0.2, -0.15) is 0 Å². The van der Waals surface area contributed by atoms with E-state index in [-0.39, 0.29) is 0 Å². The van der Waals surface area contributed by atoms with E-state index in [1.165, 1.54) is 49.7 Å². The number of fused-ring (bicyclic) bond motifs is 1. The number of benzene rings is 2. The molecular formula is C26H32O. The van der Waals surface area contributed by atoms with Gasteiger partial charge < -0.3 is 4.74 Å². The van der Waals surface area contributed by atoms with Gasteiger partial charge in [-0.1, -0.05) is 62.4 Å². The summed E-state index contributed by atoms with van der Waals surface area (Å²) in [7, 11) is 0. The van der Waals surface area contributed by atoms with Crippen LogP contribution < -0.4 is 4.74 Å². The van der Waals surface area contributed by atoms with Crippen molar-refractivity contribution in [2.45, 2.75) is 51.4 Å². The number of hydrogen-bond donors (Lipinski definition) is 0. The third-order valence-corrected chi connectivity index (χ3v) is 6.81. The molecule has 0 aromatic heterocycles. The van der Waals surface area contributed by atoms with Crippen molar-refractivity contribution in [3.8, 4) is 16.9 Å². The van der Waals surface area contributed by atoms with Crippen LogP contribution in [0.15, 0.2) is 61.2 Å². The average Bonchev–Trinajstić information content (AvgIpc) is 2.72. The lowest BCUT2D eigenvalue weighted by molar-refractivity contribution is 0.124. The zero-order valence-electron chi connectivity index (χ0n) is 16.6. The molecule has 1 nitrogen and oxygen atoms in total. The van der Waals surface area contributed by atoms with Gasteiger partial charge in [0.25, 0.3) is 0 Å². The topological polar surface area (TPSA) is 9.23 Å². The summed E-state index contributed by atoms with van der Waals surface area (Å²) >= 11 is 0. The molecule has 0 heterocycles. The Hall–Kier alpha value is -2.02. The fourth-order valence-electron chi connectivity index (χ4n) is 5.27. The molecule has 0 spiro atoms. The van der Waals surface area contributed by atoms with E-state index in [1.807, 2.05) is 12.1 Å². The first-order valence-electron chi connectivity index (χ1n) is 10.7. The summed E-state index contributed by atoms with van der Waals surface area (Å²) < 4.78 is 5.58. The maximum absolute atomic E-state index is 5.58. The SMILES string of the molecule is C=CCOc1ccc(-c2ccc([C@@H]3CC[C@@H]4CC(C)CC[C@@H]4C3)cc2)cc1. The zero-order valence-corrected chi connectivity index (χ0v) is 16.6. The Morgan fingerprint density at radius 3 is 2.19 bits per heavy atom. The van der Waals surface area contributed by atoms with Gasteiger partial charge in [0.15, 0.2) is 0 Å². The maximum atomic E-state index is 5.58. The Balaban J connectivity index is 1.41. The molecule has 0 bridgehead atoms. The third kappa shape index (κ3) is 4.29. The minimum atomic E-state index is 0.552. The largest absolute Gasteiger partial charge is 0.490 e. The summed E-state index contributed by atoms with van der Waals surface area (Å²) in [5.41, 5.74) is 4.08. The standard InChI is InChI=1S/C26H32O/c1-3-16-27-26-14-12-21(13-15-26)20-6-8-22(9-7-20)24-11-10-23-17-19(2)4-5-25(23)18-24/h3,6-9,12-15,19,23-25H,1,4-5,10-11,16-18H2,2H3/t19?,23-,24-,25-/m1/s1. The molecule has 4 rings (SSSR count). The summed E-state index contributed by atoms with van der Waals surface area (Å²) in [5, 5.41) is 0. The highest BCUT2D eigenvalue weighted by molar-refractivity contribution is 5.64. The van der Waals surface area contributed by atoms with Gasteiger partial charge in [-0.05, 0) is 84.6 Å². The van der Waals surface area contributed by atoms with Crippen molar-refractivity contribution in [3.63, 3.8) is 0 Å². The zero-order chi connectivity index (χ0) is 18.6. The predicted octanol–water partition coefficient (Wildman–Crippen LogP) is 7.24. The normalized spacial score (nSPS) is 27.6. The third-order valence-electron chi connectivity index (χ3n) is 6.81. The van der Waals surface area contributed by atoms with Gasteiger partial charge in [-0.15, -0.1) is 0 Å². The minimum Gasteiger partial charge on any atom is -0.490 e. The van der Waals surface area contributed by atoms with Crippen molar-refractivity contribution in [3.05, 3.63) is 66.7 Å². The molecule has 0 amide bonds. The molecular weight excluding hydrogens is 328 g/mol. The van der Waals surface area contributed by atoms with Crippen LogP contribution in [0, 0.1) is 17.8 Å².